The Labute approximate surface area is 634 Å². The molecule has 0 spiro atoms. The van der Waals surface area contributed by atoms with Crippen molar-refractivity contribution in [2.75, 3.05) is 204 Å². The summed E-state index contributed by atoms with van der Waals surface area (Å²) in [5.41, 5.74) is 7.89. The van der Waals surface area contributed by atoms with Gasteiger partial charge in [0.1, 0.15) is 37.9 Å². The van der Waals surface area contributed by atoms with E-state index < -0.39 is 0 Å². The highest BCUT2D eigenvalue weighted by Gasteiger charge is 2.26. The van der Waals surface area contributed by atoms with Gasteiger partial charge in [-0.05, 0) is 161 Å². The lowest BCUT2D eigenvalue weighted by Gasteiger charge is -2.36. The normalized spacial score (nSPS) is 14.2. The van der Waals surface area contributed by atoms with Gasteiger partial charge in [-0.1, -0.05) is 132 Å². The standard InChI is InChI=1S/C94H120N6O6/c1-95(2,3)47-23-53-99(13,54-24-48-96(4,5)6)51-15-17-61-105-85-65-73-63-74(66-85)70-102-58-20-28-78-32-36-82-42-46-90-80(34-38-84-40-44-88(78)92(82)94(84)90)30-22-60-104-72-76-64-75(67-86(68-76)106-62-18-16-52-100(14,55-25-49-97(7,8)9)56-26-50-98(10,11)12)71-103-59-21-29-79-33-37-83-39-43-87-77(27-19-57-101-69-73)31-35-81-41-45-89(79)93(83)91(81)87/h31-46,63-68H,15-18,23-26,47-62,69-72H2,1-14H3/q+6. The molecule has 0 aliphatic carbocycles. The molecule has 1 heterocycles. The molecule has 0 saturated heterocycles. The summed E-state index contributed by atoms with van der Waals surface area (Å²) in [4.78, 5) is 0. The molecule has 10 aromatic rings. The molecular weight excluding hydrogens is 1310 g/mol. The summed E-state index contributed by atoms with van der Waals surface area (Å²) in [6.45, 7) is 15.6. The summed E-state index contributed by atoms with van der Waals surface area (Å²) in [5, 5.41) is 13.9. The average molecular weight is 1430 g/mol. The number of unbranched alkanes of at least 4 members (excludes halogenated alkanes) is 2. The lowest BCUT2D eigenvalue weighted by molar-refractivity contribution is -0.923. The Kier molecular flexibility index (Phi) is 26.5. The zero-order chi connectivity index (χ0) is 75.0. The predicted octanol–water partition coefficient (Wildman–Crippen LogP) is 15.7. The molecule has 0 amide bonds. The third-order valence-electron chi connectivity index (χ3n) is 20.9. The fraction of sp³-hybridized carbons (Fsp3) is 0.447. The Hall–Kier alpha value is -8.28. The van der Waals surface area contributed by atoms with Crippen molar-refractivity contribution in [2.45, 2.75) is 77.8 Å². The van der Waals surface area contributed by atoms with Crippen LogP contribution in [0.25, 0.3) is 64.6 Å². The Bertz CT molecular complexity index is 4300. The second kappa shape index (κ2) is 35.6. The van der Waals surface area contributed by atoms with Crippen LogP contribution in [-0.2, 0) is 45.4 Å². The number of nitrogens with zero attached hydrogens (tertiary/aromatic N) is 6. The van der Waals surface area contributed by atoms with E-state index in [1.54, 1.807) is 0 Å². The van der Waals surface area contributed by atoms with Crippen molar-refractivity contribution >= 4 is 64.6 Å². The zero-order valence-electron chi connectivity index (χ0n) is 66.6. The fourth-order valence-corrected chi connectivity index (χ4v) is 15.3. The van der Waals surface area contributed by atoms with Gasteiger partial charge < -0.3 is 55.3 Å². The first-order chi connectivity index (χ1) is 50.7. The van der Waals surface area contributed by atoms with Gasteiger partial charge >= 0.3 is 0 Å². The average Bonchev–Trinajstić information content (AvgIpc) is 0.741. The Morgan fingerprint density at radius 3 is 0.755 bits per heavy atom. The summed E-state index contributed by atoms with van der Waals surface area (Å²) < 4.78 is 45.0. The Morgan fingerprint density at radius 1 is 0.274 bits per heavy atom. The van der Waals surface area contributed by atoms with E-state index in [-0.39, 0.29) is 26.4 Å². The minimum atomic E-state index is 0.263. The van der Waals surface area contributed by atoms with E-state index in [1.807, 2.05) is 0 Å². The van der Waals surface area contributed by atoms with E-state index in [0.29, 0.717) is 39.6 Å². The van der Waals surface area contributed by atoms with Crippen LogP contribution in [0.15, 0.2) is 133 Å². The number of ether oxygens (including phenoxy) is 6. The number of hydrogen-bond donors (Lipinski definition) is 0. The van der Waals surface area contributed by atoms with Crippen molar-refractivity contribution < 1.29 is 55.3 Å². The van der Waals surface area contributed by atoms with Gasteiger partial charge in [-0.2, -0.15) is 0 Å². The van der Waals surface area contributed by atoms with Crippen LogP contribution in [0.3, 0.4) is 0 Å². The van der Waals surface area contributed by atoms with Crippen molar-refractivity contribution in [2.24, 2.45) is 0 Å². The lowest BCUT2D eigenvalue weighted by atomic mass is 9.90. The van der Waals surface area contributed by atoms with Gasteiger partial charge in [0.2, 0.25) is 0 Å². The predicted molar refractivity (Wildman–Crippen MR) is 440 cm³/mol. The molecule has 12 nitrogen and oxygen atoms in total. The molecule has 106 heavy (non-hydrogen) atoms. The molecule has 0 fully saturated rings. The Balaban J connectivity index is 0.828. The second-order valence-electron chi connectivity index (χ2n) is 34.6. The second-order valence-corrected chi connectivity index (χ2v) is 34.6. The summed E-state index contributed by atoms with van der Waals surface area (Å²) in [6.07, 6.45) is 9.01. The fourth-order valence-electron chi connectivity index (χ4n) is 15.3. The SMILES string of the molecule is C[N+](C)(C)CCC[N+](C)(CCCCOc1cc2cc(c1)COCC#Cc1ccc3ccc4c(ccc5ccc1c3c54)C#CCOCc1cc(cc(OCCCC[N+](C)(CCC[N+](C)(C)C)CCC[N+](C)(C)C)c1)COCC#Cc1ccc3ccc4c(ccc5ccc1c3c54)C#CCOC2)CCC[N+](C)(C)C. The van der Waals surface area contributed by atoms with Gasteiger partial charge in [0, 0.05) is 47.9 Å². The first-order valence-corrected chi connectivity index (χ1v) is 38.8. The molecule has 16 bridgehead atoms. The highest BCUT2D eigenvalue weighted by molar-refractivity contribution is 6.26. The van der Waals surface area contributed by atoms with Gasteiger partial charge in [-0.25, -0.2) is 0 Å². The molecule has 11 rings (SSSR count). The molecule has 0 N–H and O–H groups in total. The molecular formula is C94H120N6O6+6. The van der Waals surface area contributed by atoms with Crippen molar-refractivity contribution in [3.63, 3.8) is 0 Å². The largest absolute Gasteiger partial charge is 0.494 e. The van der Waals surface area contributed by atoms with Gasteiger partial charge in [-0.15, -0.1) is 0 Å². The van der Waals surface area contributed by atoms with Gasteiger partial charge in [0.25, 0.3) is 0 Å². The summed E-state index contributed by atoms with van der Waals surface area (Å²) in [6, 6.07) is 47.7. The number of quaternary nitrogens is 6. The van der Waals surface area contributed by atoms with Crippen LogP contribution >= 0.6 is 0 Å². The van der Waals surface area contributed by atoms with E-state index in [4.69, 9.17) is 28.4 Å². The van der Waals surface area contributed by atoms with E-state index in [0.717, 1.165) is 143 Å². The maximum Gasteiger partial charge on any atom is 0.120 e. The van der Waals surface area contributed by atoms with Gasteiger partial charge in [0.05, 0.1) is 204 Å². The smallest absolute Gasteiger partial charge is 0.120 e. The third-order valence-corrected chi connectivity index (χ3v) is 20.9. The summed E-state index contributed by atoms with van der Waals surface area (Å²) in [7, 11) is 32.5. The monoisotopic (exact) mass is 1430 g/mol. The van der Waals surface area contributed by atoms with Crippen molar-refractivity contribution in [1.29, 1.82) is 0 Å². The van der Waals surface area contributed by atoms with E-state index in [1.165, 1.54) is 121 Å². The van der Waals surface area contributed by atoms with E-state index >= 15 is 0 Å². The maximum atomic E-state index is 6.62. The lowest BCUT2D eigenvalue weighted by Crippen LogP contribution is -2.49. The van der Waals surface area contributed by atoms with Crippen molar-refractivity contribution in [3.8, 4) is 58.9 Å². The van der Waals surface area contributed by atoms with Crippen molar-refractivity contribution in [3.05, 3.63) is 178 Å². The highest BCUT2D eigenvalue weighted by Crippen LogP contribution is 2.39. The third kappa shape index (κ3) is 22.9. The van der Waals surface area contributed by atoms with Crippen LogP contribution in [0.5, 0.6) is 11.5 Å². The van der Waals surface area contributed by atoms with Gasteiger partial charge in [-0.3, -0.25) is 0 Å². The number of benzene rings is 10. The molecule has 1 aliphatic rings. The maximum absolute atomic E-state index is 6.62. The molecule has 10 aromatic carbocycles. The number of fused-ring (bicyclic) bond motifs is 4. The highest BCUT2D eigenvalue weighted by atomic mass is 16.5. The van der Waals surface area contributed by atoms with Crippen molar-refractivity contribution in [1.82, 2.24) is 0 Å². The molecule has 1 aliphatic heterocycles. The number of hydrogen-bond acceptors (Lipinski definition) is 6. The first kappa shape index (κ1) is 78.8. The zero-order valence-corrected chi connectivity index (χ0v) is 66.6. The molecule has 0 unspecified atom stereocenters. The molecule has 0 saturated carbocycles. The first-order valence-electron chi connectivity index (χ1n) is 38.8. The minimum absolute atomic E-state index is 0.263. The van der Waals surface area contributed by atoms with Crippen LogP contribution in [0, 0.1) is 47.4 Å². The van der Waals surface area contributed by atoms with E-state index in [2.05, 4.69) is 279 Å². The van der Waals surface area contributed by atoms with Gasteiger partial charge in [0.15, 0.2) is 0 Å². The Morgan fingerprint density at radius 2 is 0.509 bits per heavy atom. The van der Waals surface area contributed by atoms with Crippen LogP contribution in [0.4, 0.5) is 0 Å². The quantitative estimate of drug-likeness (QED) is 0.0211. The molecule has 0 aromatic heterocycles. The molecule has 0 radical (unpaired) electrons. The summed E-state index contributed by atoms with van der Waals surface area (Å²) in [5.74, 6) is 29.2. The van der Waals surface area contributed by atoms with Crippen LogP contribution in [-0.4, -0.2) is 231 Å². The van der Waals surface area contributed by atoms with Crippen LogP contribution < -0.4 is 9.47 Å². The topological polar surface area (TPSA) is 55.4 Å². The minimum Gasteiger partial charge on any atom is -0.494 e. The van der Waals surface area contributed by atoms with E-state index in [9.17, 15) is 0 Å². The molecule has 0 atom stereocenters. The van der Waals surface area contributed by atoms with Crippen LogP contribution in [0.2, 0.25) is 0 Å². The number of rotatable bonds is 28. The molecule has 556 valence electrons. The van der Waals surface area contributed by atoms with Crippen LogP contribution in [0.1, 0.15) is 95.9 Å². The summed E-state index contributed by atoms with van der Waals surface area (Å²) >= 11 is 0. The molecule has 12 heteroatoms.